The zero-order chi connectivity index (χ0) is 13.0. The molecule has 0 saturated carbocycles. The summed E-state index contributed by atoms with van der Waals surface area (Å²) in [5, 5.41) is 0. The lowest BCUT2D eigenvalue weighted by Gasteiger charge is -2.12. The molecule has 2 nitrogen and oxygen atoms in total. The molecule has 0 radical (unpaired) electrons. The highest BCUT2D eigenvalue weighted by molar-refractivity contribution is 5.38. The highest BCUT2D eigenvalue weighted by Gasteiger charge is 2.06. The molecule has 0 heterocycles. The fourth-order valence-corrected chi connectivity index (χ4v) is 1.75. The van der Waals surface area contributed by atoms with Crippen molar-refractivity contribution in [2.24, 2.45) is 5.73 Å². The van der Waals surface area contributed by atoms with E-state index in [0.717, 1.165) is 17.7 Å². The molecule has 0 amide bonds. The number of ether oxygens (including phenoxy) is 1. The molecule has 0 bridgehead atoms. The summed E-state index contributed by atoms with van der Waals surface area (Å²) in [6.07, 6.45) is 0.747. The predicted molar refractivity (Wildman–Crippen MR) is 70.3 cm³/mol. The van der Waals surface area contributed by atoms with Crippen LogP contribution in [0, 0.1) is 5.82 Å². The average Bonchev–Trinajstić information content (AvgIpc) is 2.34. The fraction of sp³-hybridized carbons (Fsp3) is 0.200. The summed E-state index contributed by atoms with van der Waals surface area (Å²) in [7, 11) is 0. The largest absolute Gasteiger partial charge is 0.457 e. The molecule has 2 aromatic rings. The van der Waals surface area contributed by atoms with Crippen molar-refractivity contribution in [3.05, 3.63) is 59.9 Å². The topological polar surface area (TPSA) is 35.2 Å². The van der Waals surface area contributed by atoms with Crippen molar-refractivity contribution in [1.82, 2.24) is 0 Å². The molecule has 94 valence electrons. The molecule has 0 aromatic heterocycles. The summed E-state index contributed by atoms with van der Waals surface area (Å²) >= 11 is 0. The summed E-state index contributed by atoms with van der Waals surface area (Å²) in [5.74, 6) is 1.11. The number of hydrogen-bond donors (Lipinski definition) is 1. The standard InChI is InChI=1S/C15H16FNO/c1-11(17)10-12-4-2-3-5-15(12)18-14-8-6-13(16)7-9-14/h2-9,11H,10,17H2,1H3. The molecular weight excluding hydrogens is 229 g/mol. The average molecular weight is 245 g/mol. The smallest absolute Gasteiger partial charge is 0.130 e. The van der Waals surface area contributed by atoms with E-state index < -0.39 is 0 Å². The van der Waals surface area contributed by atoms with Gasteiger partial charge in [-0.2, -0.15) is 0 Å². The maximum absolute atomic E-state index is 12.8. The van der Waals surface area contributed by atoms with Crippen molar-refractivity contribution in [3.8, 4) is 11.5 Å². The van der Waals surface area contributed by atoms with E-state index in [1.807, 2.05) is 31.2 Å². The Labute approximate surface area is 106 Å². The van der Waals surface area contributed by atoms with E-state index in [0.29, 0.717) is 5.75 Å². The highest BCUT2D eigenvalue weighted by Crippen LogP contribution is 2.26. The zero-order valence-corrected chi connectivity index (χ0v) is 10.3. The Hall–Kier alpha value is -1.87. The maximum Gasteiger partial charge on any atom is 0.130 e. The van der Waals surface area contributed by atoms with Gasteiger partial charge >= 0.3 is 0 Å². The SMILES string of the molecule is CC(N)Cc1ccccc1Oc1ccc(F)cc1. The Bertz CT molecular complexity index is 508. The molecule has 2 rings (SSSR count). The summed E-state index contributed by atoms with van der Waals surface area (Å²) in [4.78, 5) is 0. The van der Waals surface area contributed by atoms with Gasteiger partial charge in [-0.25, -0.2) is 4.39 Å². The van der Waals surface area contributed by atoms with Crippen LogP contribution < -0.4 is 10.5 Å². The number of benzene rings is 2. The van der Waals surface area contributed by atoms with Gasteiger partial charge in [0.2, 0.25) is 0 Å². The molecule has 0 saturated heterocycles. The normalized spacial score (nSPS) is 12.2. The lowest BCUT2D eigenvalue weighted by molar-refractivity contribution is 0.472. The van der Waals surface area contributed by atoms with E-state index in [-0.39, 0.29) is 11.9 Å². The molecule has 2 N–H and O–H groups in total. The maximum atomic E-state index is 12.8. The van der Waals surface area contributed by atoms with E-state index in [4.69, 9.17) is 10.5 Å². The molecule has 0 spiro atoms. The van der Waals surface area contributed by atoms with Crippen LogP contribution >= 0.6 is 0 Å². The first-order chi connectivity index (χ1) is 8.65. The van der Waals surface area contributed by atoms with E-state index in [1.165, 1.54) is 12.1 Å². The molecule has 1 unspecified atom stereocenters. The van der Waals surface area contributed by atoms with Gasteiger partial charge in [0, 0.05) is 6.04 Å². The Morgan fingerprint density at radius 2 is 1.78 bits per heavy atom. The second-order valence-corrected chi connectivity index (χ2v) is 4.35. The van der Waals surface area contributed by atoms with E-state index in [2.05, 4.69) is 0 Å². The van der Waals surface area contributed by atoms with Gasteiger partial charge in [0.1, 0.15) is 17.3 Å². The van der Waals surface area contributed by atoms with Crippen LogP contribution in [0.3, 0.4) is 0 Å². The first kappa shape index (κ1) is 12.6. The number of hydrogen-bond acceptors (Lipinski definition) is 2. The fourth-order valence-electron chi connectivity index (χ4n) is 1.75. The third-order valence-electron chi connectivity index (χ3n) is 2.56. The monoisotopic (exact) mass is 245 g/mol. The molecule has 0 fully saturated rings. The van der Waals surface area contributed by atoms with Gasteiger partial charge in [-0.1, -0.05) is 18.2 Å². The van der Waals surface area contributed by atoms with Crippen molar-refractivity contribution in [2.75, 3.05) is 0 Å². The van der Waals surface area contributed by atoms with Crippen LogP contribution in [0.5, 0.6) is 11.5 Å². The number of halogens is 1. The van der Waals surface area contributed by atoms with Crippen molar-refractivity contribution < 1.29 is 9.13 Å². The highest BCUT2D eigenvalue weighted by atomic mass is 19.1. The second kappa shape index (κ2) is 5.65. The molecular formula is C15H16FNO. The Kier molecular flexibility index (Phi) is 3.95. The van der Waals surface area contributed by atoms with Crippen molar-refractivity contribution in [1.29, 1.82) is 0 Å². The minimum atomic E-state index is -0.272. The first-order valence-corrected chi connectivity index (χ1v) is 5.92. The lowest BCUT2D eigenvalue weighted by atomic mass is 10.1. The van der Waals surface area contributed by atoms with Crippen molar-refractivity contribution in [2.45, 2.75) is 19.4 Å². The quantitative estimate of drug-likeness (QED) is 0.894. The van der Waals surface area contributed by atoms with Crippen molar-refractivity contribution >= 4 is 0 Å². The predicted octanol–water partition coefficient (Wildman–Crippen LogP) is 3.51. The molecule has 0 aliphatic carbocycles. The van der Waals surface area contributed by atoms with E-state index >= 15 is 0 Å². The van der Waals surface area contributed by atoms with Crippen LogP contribution in [0.2, 0.25) is 0 Å². The molecule has 18 heavy (non-hydrogen) atoms. The van der Waals surface area contributed by atoms with Gasteiger partial charge in [-0.05, 0) is 49.2 Å². The lowest BCUT2D eigenvalue weighted by Crippen LogP contribution is -2.18. The number of nitrogens with two attached hydrogens (primary N) is 1. The molecule has 2 aromatic carbocycles. The van der Waals surface area contributed by atoms with Crippen LogP contribution in [0.1, 0.15) is 12.5 Å². The van der Waals surface area contributed by atoms with Gasteiger partial charge in [0.15, 0.2) is 0 Å². The van der Waals surface area contributed by atoms with E-state index in [1.54, 1.807) is 12.1 Å². The first-order valence-electron chi connectivity index (χ1n) is 5.92. The number of para-hydroxylation sites is 1. The van der Waals surface area contributed by atoms with Crippen LogP contribution in [-0.4, -0.2) is 6.04 Å². The van der Waals surface area contributed by atoms with Gasteiger partial charge in [-0.15, -0.1) is 0 Å². The van der Waals surface area contributed by atoms with Crippen LogP contribution in [0.4, 0.5) is 4.39 Å². The minimum Gasteiger partial charge on any atom is -0.457 e. The molecule has 0 aliphatic rings. The summed E-state index contributed by atoms with van der Waals surface area (Å²) in [5.41, 5.74) is 6.85. The Balaban J connectivity index is 2.20. The minimum absolute atomic E-state index is 0.0722. The number of rotatable bonds is 4. The molecule has 1 atom stereocenters. The second-order valence-electron chi connectivity index (χ2n) is 4.35. The van der Waals surface area contributed by atoms with Gasteiger partial charge in [-0.3, -0.25) is 0 Å². The molecule has 0 aliphatic heterocycles. The Morgan fingerprint density at radius 3 is 2.44 bits per heavy atom. The van der Waals surface area contributed by atoms with Crippen LogP contribution in [0.15, 0.2) is 48.5 Å². The summed E-state index contributed by atoms with van der Waals surface area (Å²) in [6, 6.07) is 13.8. The summed E-state index contributed by atoms with van der Waals surface area (Å²) < 4.78 is 18.5. The molecule has 3 heteroatoms. The van der Waals surface area contributed by atoms with E-state index in [9.17, 15) is 4.39 Å². The third kappa shape index (κ3) is 3.31. The van der Waals surface area contributed by atoms with Gasteiger partial charge in [0.05, 0.1) is 0 Å². The van der Waals surface area contributed by atoms with Gasteiger partial charge < -0.3 is 10.5 Å². The zero-order valence-electron chi connectivity index (χ0n) is 10.3. The van der Waals surface area contributed by atoms with Crippen LogP contribution in [0.25, 0.3) is 0 Å². The van der Waals surface area contributed by atoms with Gasteiger partial charge in [0.25, 0.3) is 0 Å². The Morgan fingerprint density at radius 1 is 1.11 bits per heavy atom. The van der Waals surface area contributed by atoms with Crippen molar-refractivity contribution in [3.63, 3.8) is 0 Å². The third-order valence-corrected chi connectivity index (χ3v) is 2.56. The van der Waals surface area contributed by atoms with Crippen LogP contribution in [-0.2, 0) is 6.42 Å². The summed E-state index contributed by atoms with van der Waals surface area (Å²) in [6.45, 7) is 1.95.